The number of nitrogens with zero attached hydrogens (tertiary/aromatic N) is 2. The van der Waals surface area contributed by atoms with Crippen molar-refractivity contribution >= 4 is 32.4 Å². The van der Waals surface area contributed by atoms with Crippen LogP contribution in [0.5, 0.6) is 11.6 Å². The third-order valence-corrected chi connectivity index (χ3v) is 5.35. The molecule has 0 atom stereocenters. The Kier molecular flexibility index (Phi) is 6.34. The van der Waals surface area contributed by atoms with Crippen LogP contribution in [0.1, 0.15) is 18.9 Å². The van der Waals surface area contributed by atoms with Gasteiger partial charge in [0.25, 0.3) is 0 Å². The number of nitrogens with one attached hydrogen (secondary N) is 1. The number of hydrogen-bond acceptors (Lipinski definition) is 6. The Morgan fingerprint density at radius 2 is 1.86 bits per heavy atom. The Hall–Kier alpha value is -2.96. The Morgan fingerprint density at radius 1 is 1.00 bits per heavy atom. The number of fused-ring (bicyclic) bond motifs is 1. The smallest absolute Gasteiger partial charge is 0.222 e. The minimum Gasteiger partial charge on any atom is -0.439 e. The van der Waals surface area contributed by atoms with Gasteiger partial charge in [-0.1, -0.05) is 29.5 Å². The third-order valence-electron chi connectivity index (χ3n) is 4.40. The van der Waals surface area contributed by atoms with Crippen LogP contribution in [-0.2, 0) is 11.2 Å². The predicted octanol–water partition coefficient (Wildman–Crippen LogP) is 6.20. The molecule has 6 heteroatoms. The Morgan fingerprint density at radius 3 is 2.69 bits per heavy atom. The number of benzene rings is 2. The summed E-state index contributed by atoms with van der Waals surface area (Å²) < 4.78 is 12.6. The fourth-order valence-corrected chi connectivity index (χ4v) is 3.87. The van der Waals surface area contributed by atoms with Gasteiger partial charge in [0, 0.05) is 30.7 Å². The number of pyridine rings is 1. The minimum absolute atomic E-state index is 0.649. The van der Waals surface area contributed by atoms with Crippen LogP contribution in [0.25, 0.3) is 10.2 Å². The van der Waals surface area contributed by atoms with E-state index >= 15 is 0 Å². The zero-order chi connectivity index (χ0) is 19.9. The van der Waals surface area contributed by atoms with E-state index in [-0.39, 0.29) is 0 Å². The molecule has 0 aliphatic heterocycles. The summed E-state index contributed by atoms with van der Waals surface area (Å²) in [6, 6.07) is 20.0. The summed E-state index contributed by atoms with van der Waals surface area (Å²) in [6.07, 6.45) is 3.58. The van der Waals surface area contributed by atoms with E-state index in [0.717, 1.165) is 53.7 Å². The van der Waals surface area contributed by atoms with Crippen molar-refractivity contribution in [3.8, 4) is 11.6 Å². The molecule has 0 amide bonds. The summed E-state index contributed by atoms with van der Waals surface area (Å²) in [7, 11) is 0. The molecule has 0 bridgehead atoms. The second kappa shape index (κ2) is 9.49. The van der Waals surface area contributed by atoms with Crippen molar-refractivity contribution < 1.29 is 9.47 Å². The van der Waals surface area contributed by atoms with Gasteiger partial charge in [-0.2, -0.15) is 0 Å². The molecule has 5 nitrogen and oxygen atoms in total. The minimum atomic E-state index is 0.649. The molecule has 1 N–H and O–H groups in total. The van der Waals surface area contributed by atoms with Gasteiger partial charge in [0.2, 0.25) is 5.88 Å². The molecule has 4 rings (SSSR count). The summed E-state index contributed by atoms with van der Waals surface area (Å²) in [4.78, 5) is 9.01. The van der Waals surface area contributed by atoms with E-state index in [2.05, 4.69) is 27.4 Å². The Balaban J connectivity index is 1.40. The second-order valence-corrected chi connectivity index (χ2v) is 7.54. The summed E-state index contributed by atoms with van der Waals surface area (Å²) in [5, 5.41) is 4.23. The molecule has 2 aromatic carbocycles. The maximum Gasteiger partial charge on any atom is 0.222 e. The topological polar surface area (TPSA) is 56.3 Å². The van der Waals surface area contributed by atoms with Crippen LogP contribution in [0.15, 0.2) is 66.9 Å². The molecule has 0 aliphatic carbocycles. The molecule has 2 heterocycles. The summed E-state index contributed by atoms with van der Waals surface area (Å²) in [6.45, 7) is 3.50. The number of rotatable bonds is 9. The Bertz CT molecular complexity index is 1030. The number of ether oxygens (including phenoxy) is 2. The predicted molar refractivity (Wildman–Crippen MR) is 118 cm³/mol. The van der Waals surface area contributed by atoms with Crippen molar-refractivity contribution in [1.82, 2.24) is 9.97 Å². The largest absolute Gasteiger partial charge is 0.439 e. The average Bonchev–Trinajstić information content (AvgIpc) is 3.16. The van der Waals surface area contributed by atoms with Crippen LogP contribution in [0.3, 0.4) is 0 Å². The molecule has 0 unspecified atom stereocenters. The number of aryl methyl sites for hydroxylation is 1. The van der Waals surface area contributed by atoms with E-state index in [4.69, 9.17) is 9.47 Å². The molecule has 2 aromatic heterocycles. The molecule has 0 fully saturated rings. The highest BCUT2D eigenvalue weighted by molar-refractivity contribution is 7.22. The third kappa shape index (κ3) is 5.10. The molecule has 0 saturated carbocycles. The van der Waals surface area contributed by atoms with Crippen LogP contribution in [0, 0.1) is 0 Å². The molecule has 0 aliphatic rings. The first-order chi connectivity index (χ1) is 14.3. The van der Waals surface area contributed by atoms with E-state index in [9.17, 15) is 0 Å². The van der Waals surface area contributed by atoms with Crippen LogP contribution in [-0.4, -0.2) is 23.2 Å². The number of hydrogen-bond donors (Lipinski definition) is 1. The number of thiazole rings is 1. The van der Waals surface area contributed by atoms with Crippen molar-refractivity contribution in [3.05, 3.63) is 72.4 Å². The van der Waals surface area contributed by atoms with Crippen molar-refractivity contribution in [2.45, 2.75) is 19.8 Å². The molecule has 0 saturated heterocycles. The lowest BCUT2D eigenvalue weighted by molar-refractivity contribution is 0.145. The monoisotopic (exact) mass is 405 g/mol. The van der Waals surface area contributed by atoms with E-state index < -0.39 is 0 Å². The normalized spacial score (nSPS) is 10.9. The van der Waals surface area contributed by atoms with Crippen molar-refractivity contribution in [3.63, 3.8) is 0 Å². The van der Waals surface area contributed by atoms with Crippen LogP contribution in [0.2, 0.25) is 0 Å². The fraction of sp³-hybridized carbons (Fsp3) is 0.217. The van der Waals surface area contributed by atoms with Gasteiger partial charge in [0.15, 0.2) is 5.13 Å². The van der Waals surface area contributed by atoms with E-state index in [1.165, 1.54) is 4.70 Å². The van der Waals surface area contributed by atoms with E-state index in [0.29, 0.717) is 5.88 Å². The lowest BCUT2D eigenvalue weighted by Gasteiger charge is -2.10. The lowest BCUT2D eigenvalue weighted by Crippen LogP contribution is -1.99. The van der Waals surface area contributed by atoms with Gasteiger partial charge < -0.3 is 14.8 Å². The van der Waals surface area contributed by atoms with Gasteiger partial charge in [0.05, 0.1) is 10.2 Å². The molecular weight excluding hydrogens is 382 g/mol. The molecule has 148 valence electrons. The molecule has 0 radical (unpaired) electrons. The zero-order valence-electron chi connectivity index (χ0n) is 16.3. The first kappa shape index (κ1) is 19.4. The Labute approximate surface area is 174 Å². The van der Waals surface area contributed by atoms with Gasteiger partial charge in [-0.3, -0.25) is 0 Å². The molecular formula is C23H23N3O2S. The van der Waals surface area contributed by atoms with Crippen LogP contribution < -0.4 is 10.1 Å². The van der Waals surface area contributed by atoms with Crippen molar-refractivity contribution in [2.75, 3.05) is 18.5 Å². The molecule has 0 spiro atoms. The first-order valence-corrected chi connectivity index (χ1v) is 10.6. The summed E-state index contributed by atoms with van der Waals surface area (Å²) >= 11 is 1.64. The second-order valence-electron chi connectivity index (χ2n) is 6.51. The lowest BCUT2D eigenvalue weighted by atomic mass is 10.1. The zero-order valence-corrected chi connectivity index (χ0v) is 17.1. The van der Waals surface area contributed by atoms with Gasteiger partial charge in [-0.05, 0) is 62.2 Å². The van der Waals surface area contributed by atoms with Gasteiger partial charge >= 0.3 is 0 Å². The number of anilines is 2. The summed E-state index contributed by atoms with van der Waals surface area (Å²) in [5.41, 5.74) is 3.06. The standard InChI is InChI=1S/C23H23N3O2S/c1-2-27-16-6-8-17-7-5-15-24-22(17)28-19-13-11-18(12-14-19)25-23-26-20-9-3-4-10-21(20)29-23/h3-5,7,9-15H,2,6,8,16H2,1H3,(H,25,26). The van der Waals surface area contributed by atoms with E-state index in [1.807, 2.05) is 55.5 Å². The van der Waals surface area contributed by atoms with Gasteiger partial charge in [-0.25, -0.2) is 9.97 Å². The van der Waals surface area contributed by atoms with E-state index in [1.54, 1.807) is 17.5 Å². The number of para-hydroxylation sites is 1. The quantitative estimate of drug-likeness (QED) is 0.336. The highest BCUT2D eigenvalue weighted by Gasteiger charge is 2.07. The maximum atomic E-state index is 6.03. The molecule has 29 heavy (non-hydrogen) atoms. The SMILES string of the molecule is CCOCCCc1cccnc1Oc1ccc(Nc2nc3ccccc3s2)cc1. The summed E-state index contributed by atoms with van der Waals surface area (Å²) in [5.74, 6) is 1.40. The fourth-order valence-electron chi connectivity index (χ4n) is 2.98. The van der Waals surface area contributed by atoms with Gasteiger partial charge in [0.1, 0.15) is 5.75 Å². The highest BCUT2D eigenvalue weighted by atomic mass is 32.1. The van der Waals surface area contributed by atoms with Crippen LogP contribution in [0.4, 0.5) is 10.8 Å². The molecule has 4 aromatic rings. The average molecular weight is 406 g/mol. The van der Waals surface area contributed by atoms with Crippen LogP contribution >= 0.6 is 11.3 Å². The highest BCUT2D eigenvalue weighted by Crippen LogP contribution is 2.30. The maximum absolute atomic E-state index is 6.03. The first-order valence-electron chi connectivity index (χ1n) is 9.74. The van der Waals surface area contributed by atoms with Gasteiger partial charge in [-0.15, -0.1) is 0 Å². The number of aromatic nitrogens is 2. The van der Waals surface area contributed by atoms with Crippen molar-refractivity contribution in [1.29, 1.82) is 0 Å². The van der Waals surface area contributed by atoms with Crippen molar-refractivity contribution in [2.24, 2.45) is 0 Å².